The maximum atomic E-state index is 5.57. The SMILES string of the molecule is COc1ccc(N2CCN(CCc3cn[nH]c3-c3cccs3)CC2)c(OC)c1.Cl.Cl.Cl. The Morgan fingerprint density at radius 2 is 1.81 bits per heavy atom. The number of nitrogens with one attached hydrogen (secondary N) is 1. The van der Waals surface area contributed by atoms with Crippen LogP contribution in [0, 0.1) is 0 Å². The molecule has 1 N–H and O–H groups in total. The summed E-state index contributed by atoms with van der Waals surface area (Å²) in [6.07, 6.45) is 2.98. The Bertz CT molecular complexity index is 900. The number of nitrogens with zero attached hydrogens (tertiary/aromatic N) is 3. The first-order valence-corrected chi connectivity index (χ1v) is 10.4. The minimum atomic E-state index is 0. The zero-order valence-corrected chi connectivity index (χ0v) is 20.8. The Morgan fingerprint density at radius 1 is 1.03 bits per heavy atom. The van der Waals surface area contributed by atoms with Crippen LogP contribution in [-0.4, -0.2) is 62.0 Å². The summed E-state index contributed by atoms with van der Waals surface area (Å²) in [7, 11) is 3.39. The normalized spacial score (nSPS) is 13.5. The van der Waals surface area contributed by atoms with E-state index in [-0.39, 0.29) is 37.2 Å². The smallest absolute Gasteiger partial charge is 0.145 e. The third-order valence-electron chi connectivity index (χ3n) is 5.28. The van der Waals surface area contributed by atoms with Gasteiger partial charge in [0.2, 0.25) is 0 Å². The molecule has 172 valence electrons. The molecule has 0 radical (unpaired) electrons. The standard InChI is InChI=1S/C21H26N4O2S.3ClH/c1-26-17-5-6-18(19(14-17)27-2)25-11-9-24(10-12-25)8-7-16-15-22-23-21(16)20-4-3-13-28-20;;;/h3-6,13-15H,7-12H2,1-2H3,(H,22,23);3*1H. The summed E-state index contributed by atoms with van der Waals surface area (Å²) in [6.45, 7) is 5.12. The lowest BCUT2D eigenvalue weighted by Crippen LogP contribution is -2.47. The fourth-order valence-electron chi connectivity index (χ4n) is 3.67. The molecule has 4 rings (SSSR count). The number of piperazine rings is 1. The highest BCUT2D eigenvalue weighted by Gasteiger charge is 2.20. The maximum Gasteiger partial charge on any atom is 0.145 e. The topological polar surface area (TPSA) is 53.6 Å². The van der Waals surface area contributed by atoms with Gasteiger partial charge >= 0.3 is 0 Å². The van der Waals surface area contributed by atoms with Crippen LogP contribution in [0.4, 0.5) is 5.69 Å². The predicted molar refractivity (Wildman–Crippen MR) is 136 cm³/mol. The molecule has 0 unspecified atom stereocenters. The Hall–Kier alpha value is -1.64. The summed E-state index contributed by atoms with van der Waals surface area (Å²) in [5.41, 5.74) is 3.59. The molecular formula is C21H29Cl3N4O2S. The number of methoxy groups -OCH3 is 2. The average Bonchev–Trinajstić information content (AvgIpc) is 3.43. The van der Waals surface area contributed by atoms with Crippen molar-refractivity contribution in [1.29, 1.82) is 0 Å². The first kappa shape index (κ1) is 27.4. The van der Waals surface area contributed by atoms with Crippen molar-refractivity contribution in [3.63, 3.8) is 0 Å². The molecular weight excluding hydrogens is 479 g/mol. The summed E-state index contributed by atoms with van der Waals surface area (Å²) in [4.78, 5) is 6.17. The van der Waals surface area contributed by atoms with Crippen molar-refractivity contribution in [1.82, 2.24) is 15.1 Å². The molecule has 2 aromatic heterocycles. The van der Waals surface area contributed by atoms with Gasteiger partial charge in [-0.05, 0) is 35.6 Å². The lowest BCUT2D eigenvalue weighted by atomic mass is 10.1. The maximum absolute atomic E-state index is 5.57. The van der Waals surface area contributed by atoms with Gasteiger partial charge in [0.05, 0.1) is 36.7 Å². The van der Waals surface area contributed by atoms with Gasteiger partial charge in [-0.3, -0.25) is 10.00 Å². The summed E-state index contributed by atoms with van der Waals surface area (Å²) in [5.74, 6) is 1.69. The van der Waals surface area contributed by atoms with Crippen LogP contribution < -0.4 is 14.4 Å². The van der Waals surface area contributed by atoms with E-state index in [4.69, 9.17) is 9.47 Å². The number of rotatable bonds is 7. The van der Waals surface area contributed by atoms with Crippen LogP contribution >= 0.6 is 48.6 Å². The van der Waals surface area contributed by atoms with Gasteiger partial charge in [-0.2, -0.15) is 5.10 Å². The third kappa shape index (κ3) is 6.43. The van der Waals surface area contributed by atoms with Crippen molar-refractivity contribution in [2.45, 2.75) is 6.42 Å². The van der Waals surface area contributed by atoms with Crippen molar-refractivity contribution >= 4 is 54.2 Å². The molecule has 1 fully saturated rings. The van der Waals surface area contributed by atoms with Gasteiger partial charge in [-0.1, -0.05) is 6.07 Å². The molecule has 0 atom stereocenters. The van der Waals surface area contributed by atoms with E-state index in [9.17, 15) is 0 Å². The predicted octanol–water partition coefficient (Wildman–Crippen LogP) is 4.79. The molecule has 1 aliphatic rings. The summed E-state index contributed by atoms with van der Waals surface area (Å²) < 4.78 is 10.9. The van der Waals surface area contributed by atoms with E-state index in [0.717, 1.165) is 62.0 Å². The average molecular weight is 508 g/mol. The van der Waals surface area contributed by atoms with Crippen LogP contribution in [0.1, 0.15) is 5.56 Å². The van der Waals surface area contributed by atoms with E-state index in [1.807, 2.05) is 18.3 Å². The first-order chi connectivity index (χ1) is 13.8. The number of H-pyrrole nitrogens is 1. The molecule has 1 aromatic carbocycles. The molecule has 3 aromatic rings. The Morgan fingerprint density at radius 3 is 2.45 bits per heavy atom. The number of anilines is 1. The monoisotopic (exact) mass is 506 g/mol. The number of aromatic nitrogens is 2. The molecule has 0 amide bonds. The second-order valence-electron chi connectivity index (χ2n) is 6.86. The molecule has 0 aliphatic carbocycles. The number of hydrogen-bond acceptors (Lipinski definition) is 6. The fourth-order valence-corrected chi connectivity index (χ4v) is 4.43. The van der Waals surface area contributed by atoms with E-state index in [1.54, 1.807) is 25.6 Å². The van der Waals surface area contributed by atoms with Crippen LogP contribution in [0.15, 0.2) is 41.9 Å². The minimum absolute atomic E-state index is 0. The highest BCUT2D eigenvalue weighted by Crippen LogP contribution is 2.33. The molecule has 0 bridgehead atoms. The van der Waals surface area contributed by atoms with Gasteiger partial charge < -0.3 is 14.4 Å². The van der Waals surface area contributed by atoms with Crippen LogP contribution in [0.5, 0.6) is 11.5 Å². The van der Waals surface area contributed by atoms with Crippen molar-refractivity contribution in [3.8, 4) is 22.1 Å². The Kier molecular flexibility index (Phi) is 11.5. The van der Waals surface area contributed by atoms with Crippen LogP contribution in [0.3, 0.4) is 0 Å². The fraction of sp³-hybridized carbons (Fsp3) is 0.381. The molecule has 10 heteroatoms. The number of aromatic amines is 1. The highest BCUT2D eigenvalue weighted by molar-refractivity contribution is 7.13. The zero-order valence-electron chi connectivity index (χ0n) is 17.6. The quantitative estimate of drug-likeness (QED) is 0.498. The van der Waals surface area contributed by atoms with Gasteiger partial charge in [0.15, 0.2) is 0 Å². The summed E-state index contributed by atoms with van der Waals surface area (Å²) in [6, 6.07) is 10.3. The van der Waals surface area contributed by atoms with Crippen LogP contribution in [0.2, 0.25) is 0 Å². The number of halogens is 3. The lowest BCUT2D eigenvalue weighted by Gasteiger charge is -2.36. The largest absolute Gasteiger partial charge is 0.497 e. The van der Waals surface area contributed by atoms with E-state index in [2.05, 4.69) is 43.6 Å². The lowest BCUT2D eigenvalue weighted by molar-refractivity contribution is 0.260. The van der Waals surface area contributed by atoms with Gasteiger partial charge in [-0.15, -0.1) is 48.6 Å². The van der Waals surface area contributed by atoms with E-state index < -0.39 is 0 Å². The summed E-state index contributed by atoms with van der Waals surface area (Å²) >= 11 is 1.75. The Labute approximate surface area is 206 Å². The molecule has 0 saturated carbocycles. The number of ether oxygens (including phenoxy) is 2. The van der Waals surface area contributed by atoms with Gasteiger partial charge in [-0.25, -0.2) is 0 Å². The molecule has 1 aliphatic heterocycles. The number of hydrogen-bond donors (Lipinski definition) is 1. The second kappa shape index (κ2) is 13.0. The summed E-state index contributed by atoms with van der Waals surface area (Å²) in [5, 5.41) is 9.52. The molecule has 1 saturated heterocycles. The molecule has 3 heterocycles. The van der Waals surface area contributed by atoms with E-state index in [1.165, 1.54) is 10.4 Å². The highest BCUT2D eigenvalue weighted by atomic mass is 35.5. The van der Waals surface area contributed by atoms with Gasteiger partial charge in [0, 0.05) is 38.8 Å². The number of benzene rings is 1. The zero-order chi connectivity index (χ0) is 19.3. The minimum Gasteiger partial charge on any atom is -0.497 e. The van der Waals surface area contributed by atoms with Crippen LogP contribution in [0.25, 0.3) is 10.6 Å². The van der Waals surface area contributed by atoms with Crippen molar-refractivity contribution in [2.24, 2.45) is 0 Å². The first-order valence-electron chi connectivity index (χ1n) is 9.54. The van der Waals surface area contributed by atoms with E-state index >= 15 is 0 Å². The van der Waals surface area contributed by atoms with E-state index in [0.29, 0.717) is 0 Å². The van der Waals surface area contributed by atoms with Crippen LogP contribution in [-0.2, 0) is 6.42 Å². The number of thiophene rings is 1. The second-order valence-corrected chi connectivity index (χ2v) is 7.81. The third-order valence-corrected chi connectivity index (χ3v) is 6.17. The molecule has 31 heavy (non-hydrogen) atoms. The van der Waals surface area contributed by atoms with Crippen molar-refractivity contribution in [2.75, 3.05) is 51.8 Å². The van der Waals surface area contributed by atoms with Gasteiger partial charge in [0.1, 0.15) is 11.5 Å². The van der Waals surface area contributed by atoms with Gasteiger partial charge in [0.25, 0.3) is 0 Å². The van der Waals surface area contributed by atoms with Crippen molar-refractivity contribution < 1.29 is 9.47 Å². The van der Waals surface area contributed by atoms with Crippen molar-refractivity contribution in [3.05, 3.63) is 47.5 Å². The Balaban J connectivity index is 0.00000160. The molecule has 0 spiro atoms. The molecule has 6 nitrogen and oxygen atoms in total.